The molecule has 0 atom stereocenters. The van der Waals surface area contributed by atoms with Gasteiger partial charge in [-0.3, -0.25) is 15.0 Å². The van der Waals surface area contributed by atoms with E-state index in [0.29, 0.717) is 16.8 Å². The first kappa shape index (κ1) is 14.2. The van der Waals surface area contributed by atoms with E-state index >= 15 is 0 Å². The van der Waals surface area contributed by atoms with E-state index in [2.05, 4.69) is 15.0 Å². The summed E-state index contributed by atoms with van der Waals surface area (Å²) in [5.74, 6) is 0.0358. The first-order valence-corrected chi connectivity index (χ1v) is 6.87. The fourth-order valence-electron chi connectivity index (χ4n) is 2.26. The molecule has 0 unspecified atom stereocenters. The number of aliphatic hydroxyl groups excluding tert-OH is 1. The Morgan fingerprint density at radius 3 is 2.86 bits per heavy atom. The molecule has 2 heterocycles. The molecule has 110 valence electrons. The van der Waals surface area contributed by atoms with Gasteiger partial charge in [0.2, 0.25) is 0 Å². The lowest BCUT2D eigenvalue weighted by Crippen LogP contribution is -1.97. The van der Waals surface area contributed by atoms with Crippen LogP contribution in [-0.4, -0.2) is 26.4 Å². The molecule has 0 radical (unpaired) electrons. The molecule has 1 aromatic carbocycles. The van der Waals surface area contributed by atoms with Gasteiger partial charge < -0.3 is 10.2 Å². The average molecular weight is 293 g/mol. The van der Waals surface area contributed by atoms with Crippen molar-refractivity contribution in [3.8, 4) is 5.75 Å². The third-order valence-electron chi connectivity index (χ3n) is 3.48. The molecule has 0 bridgehead atoms. The Morgan fingerprint density at radius 2 is 2.05 bits per heavy atom. The van der Waals surface area contributed by atoms with Crippen molar-refractivity contribution in [1.29, 1.82) is 0 Å². The summed E-state index contributed by atoms with van der Waals surface area (Å²) in [7, 11) is 0. The molecular weight excluding hydrogens is 278 g/mol. The number of nitrogens with zero attached hydrogens (tertiary/aromatic N) is 3. The highest BCUT2D eigenvalue weighted by molar-refractivity contribution is 5.94. The first-order chi connectivity index (χ1) is 10.7. The van der Waals surface area contributed by atoms with Gasteiger partial charge in [-0.2, -0.15) is 0 Å². The lowest BCUT2D eigenvalue weighted by atomic mass is 10.1. The normalized spacial score (nSPS) is 11.4. The largest absolute Gasteiger partial charge is 0.505 e. The maximum absolute atomic E-state index is 10.1. The maximum Gasteiger partial charge on any atom is 0.145 e. The fourth-order valence-corrected chi connectivity index (χ4v) is 2.26. The van der Waals surface area contributed by atoms with Gasteiger partial charge >= 0.3 is 0 Å². The second-order valence-corrected chi connectivity index (χ2v) is 4.89. The van der Waals surface area contributed by atoms with Crippen LogP contribution < -0.4 is 0 Å². The van der Waals surface area contributed by atoms with Crippen molar-refractivity contribution < 1.29 is 10.2 Å². The standard InChI is InChI=1S/C17H15N3O2/c1-11-17(22)14(12(10-21)8-19-11)9-20-16-6-2-5-15-13(16)4-3-7-18-15/h2-9,21-22H,10H2,1H3. The third-order valence-corrected chi connectivity index (χ3v) is 3.48. The van der Waals surface area contributed by atoms with Gasteiger partial charge in [-0.25, -0.2) is 0 Å². The molecule has 0 aliphatic carbocycles. The molecule has 3 aromatic rings. The van der Waals surface area contributed by atoms with Crippen LogP contribution in [0.3, 0.4) is 0 Å². The Kier molecular flexibility index (Phi) is 3.80. The molecule has 0 fully saturated rings. The second-order valence-electron chi connectivity index (χ2n) is 4.89. The van der Waals surface area contributed by atoms with Crippen molar-refractivity contribution in [3.63, 3.8) is 0 Å². The quantitative estimate of drug-likeness (QED) is 0.728. The van der Waals surface area contributed by atoms with Crippen LogP contribution in [0.15, 0.2) is 47.7 Å². The van der Waals surface area contributed by atoms with Crippen LogP contribution in [0.5, 0.6) is 5.75 Å². The van der Waals surface area contributed by atoms with Crippen LogP contribution in [0.25, 0.3) is 10.9 Å². The zero-order valence-electron chi connectivity index (χ0n) is 12.1. The highest BCUT2D eigenvalue weighted by Crippen LogP contribution is 2.26. The van der Waals surface area contributed by atoms with Gasteiger partial charge in [0, 0.05) is 35.1 Å². The van der Waals surface area contributed by atoms with E-state index in [1.165, 1.54) is 0 Å². The molecule has 5 heteroatoms. The molecule has 0 saturated carbocycles. The highest BCUT2D eigenvalue weighted by Gasteiger charge is 2.09. The molecule has 0 spiro atoms. The lowest BCUT2D eigenvalue weighted by molar-refractivity contribution is 0.280. The van der Waals surface area contributed by atoms with Crippen molar-refractivity contribution >= 4 is 22.8 Å². The molecular formula is C17H15N3O2. The summed E-state index contributed by atoms with van der Waals surface area (Å²) in [6, 6.07) is 9.48. The average Bonchev–Trinajstić information content (AvgIpc) is 2.56. The Bertz CT molecular complexity index is 854. The van der Waals surface area contributed by atoms with Gasteiger partial charge in [-0.1, -0.05) is 6.07 Å². The summed E-state index contributed by atoms with van der Waals surface area (Å²) >= 11 is 0. The van der Waals surface area contributed by atoms with Crippen LogP contribution >= 0.6 is 0 Å². The number of aromatic hydroxyl groups is 1. The number of fused-ring (bicyclic) bond motifs is 1. The fraction of sp³-hybridized carbons (Fsp3) is 0.118. The van der Waals surface area contributed by atoms with E-state index in [1.54, 1.807) is 25.5 Å². The van der Waals surface area contributed by atoms with E-state index in [-0.39, 0.29) is 12.4 Å². The number of benzene rings is 1. The van der Waals surface area contributed by atoms with Crippen molar-refractivity contribution in [2.24, 2.45) is 4.99 Å². The van der Waals surface area contributed by atoms with E-state index in [1.807, 2.05) is 30.3 Å². The van der Waals surface area contributed by atoms with Crippen molar-refractivity contribution in [2.75, 3.05) is 0 Å². The summed E-state index contributed by atoms with van der Waals surface area (Å²) in [5.41, 5.74) is 3.12. The molecule has 2 aromatic heterocycles. The number of aromatic nitrogens is 2. The number of aliphatic hydroxyl groups is 1. The summed E-state index contributed by atoms with van der Waals surface area (Å²) < 4.78 is 0. The maximum atomic E-state index is 10.1. The predicted molar refractivity (Wildman–Crippen MR) is 85.6 cm³/mol. The Morgan fingerprint density at radius 1 is 1.18 bits per heavy atom. The molecule has 2 N–H and O–H groups in total. The van der Waals surface area contributed by atoms with Crippen LogP contribution in [0.2, 0.25) is 0 Å². The van der Waals surface area contributed by atoms with Crippen LogP contribution in [0.1, 0.15) is 16.8 Å². The summed E-state index contributed by atoms with van der Waals surface area (Å²) in [6.07, 6.45) is 4.83. The number of pyridine rings is 2. The molecule has 0 amide bonds. The number of aliphatic imine (C=N–C) groups is 1. The number of hydrogen-bond donors (Lipinski definition) is 2. The molecule has 22 heavy (non-hydrogen) atoms. The summed E-state index contributed by atoms with van der Waals surface area (Å²) in [6.45, 7) is 1.49. The number of aryl methyl sites for hydroxylation is 1. The highest BCUT2D eigenvalue weighted by atomic mass is 16.3. The Hall–Kier alpha value is -2.79. The van der Waals surface area contributed by atoms with Crippen LogP contribution in [0, 0.1) is 6.92 Å². The van der Waals surface area contributed by atoms with Crippen LogP contribution in [-0.2, 0) is 6.61 Å². The third kappa shape index (κ3) is 2.54. The van der Waals surface area contributed by atoms with E-state index in [9.17, 15) is 10.2 Å². The van der Waals surface area contributed by atoms with Crippen molar-refractivity contribution in [2.45, 2.75) is 13.5 Å². The van der Waals surface area contributed by atoms with Gasteiger partial charge in [-0.05, 0) is 31.2 Å². The monoisotopic (exact) mass is 293 g/mol. The van der Waals surface area contributed by atoms with Crippen molar-refractivity contribution in [1.82, 2.24) is 9.97 Å². The number of rotatable bonds is 3. The molecule has 0 saturated heterocycles. The lowest BCUT2D eigenvalue weighted by Gasteiger charge is -2.07. The van der Waals surface area contributed by atoms with Gasteiger partial charge in [-0.15, -0.1) is 0 Å². The zero-order chi connectivity index (χ0) is 15.5. The van der Waals surface area contributed by atoms with E-state index in [4.69, 9.17) is 0 Å². The van der Waals surface area contributed by atoms with Gasteiger partial charge in [0.1, 0.15) is 5.75 Å². The van der Waals surface area contributed by atoms with Gasteiger partial charge in [0.25, 0.3) is 0 Å². The van der Waals surface area contributed by atoms with Crippen LogP contribution in [0.4, 0.5) is 5.69 Å². The Balaban J connectivity index is 2.09. The minimum absolute atomic E-state index is 0.0358. The SMILES string of the molecule is Cc1ncc(CO)c(C=Nc2cccc3ncccc23)c1O. The molecule has 0 aliphatic heterocycles. The minimum atomic E-state index is -0.209. The molecule has 5 nitrogen and oxygen atoms in total. The minimum Gasteiger partial charge on any atom is -0.505 e. The topological polar surface area (TPSA) is 78.6 Å². The van der Waals surface area contributed by atoms with Gasteiger partial charge in [0.15, 0.2) is 0 Å². The zero-order valence-corrected chi connectivity index (χ0v) is 12.1. The van der Waals surface area contributed by atoms with E-state index in [0.717, 1.165) is 16.6 Å². The number of hydrogen-bond acceptors (Lipinski definition) is 5. The second kappa shape index (κ2) is 5.91. The Labute approximate surface area is 127 Å². The molecule has 0 aliphatic rings. The van der Waals surface area contributed by atoms with Gasteiger partial charge in [0.05, 0.1) is 23.5 Å². The van der Waals surface area contributed by atoms with E-state index < -0.39 is 0 Å². The molecule has 3 rings (SSSR count). The smallest absolute Gasteiger partial charge is 0.145 e. The van der Waals surface area contributed by atoms with Crippen molar-refractivity contribution in [3.05, 3.63) is 59.5 Å². The summed E-state index contributed by atoms with van der Waals surface area (Å²) in [5, 5.41) is 20.4. The predicted octanol–water partition coefficient (Wildman–Crippen LogP) is 2.89. The first-order valence-electron chi connectivity index (χ1n) is 6.87. The summed E-state index contributed by atoms with van der Waals surface area (Å²) in [4.78, 5) is 12.8.